The Balaban J connectivity index is 2.09. The summed E-state index contributed by atoms with van der Waals surface area (Å²) >= 11 is 4.83. The van der Waals surface area contributed by atoms with Crippen LogP contribution in [0.25, 0.3) is 0 Å². The minimum absolute atomic E-state index is 0.180. The maximum atomic E-state index is 12.0. The SMILES string of the molecule is COCCn1ncc(NCc2cscn2)c(Br)c1=O. The lowest BCUT2D eigenvalue weighted by Crippen LogP contribution is -2.26. The fourth-order valence-electron chi connectivity index (χ4n) is 1.44. The minimum atomic E-state index is -0.180. The fourth-order valence-corrected chi connectivity index (χ4v) is 2.44. The van der Waals surface area contributed by atoms with E-state index in [9.17, 15) is 4.79 Å². The highest BCUT2D eigenvalue weighted by atomic mass is 79.9. The van der Waals surface area contributed by atoms with Crippen LogP contribution in [0.4, 0.5) is 5.69 Å². The van der Waals surface area contributed by atoms with E-state index in [1.54, 1.807) is 18.8 Å². The zero-order valence-electron chi connectivity index (χ0n) is 10.3. The highest BCUT2D eigenvalue weighted by Gasteiger charge is 2.08. The molecule has 6 nitrogen and oxygen atoms in total. The Morgan fingerprint density at radius 1 is 1.58 bits per heavy atom. The molecule has 2 aromatic rings. The molecule has 0 aliphatic heterocycles. The lowest BCUT2D eigenvalue weighted by atomic mass is 10.4. The van der Waals surface area contributed by atoms with Crippen molar-refractivity contribution in [3.63, 3.8) is 0 Å². The fraction of sp³-hybridized carbons (Fsp3) is 0.364. The first-order valence-electron chi connectivity index (χ1n) is 5.58. The van der Waals surface area contributed by atoms with Crippen LogP contribution < -0.4 is 10.9 Å². The molecule has 2 aromatic heterocycles. The molecule has 102 valence electrons. The van der Waals surface area contributed by atoms with Gasteiger partial charge in [0.25, 0.3) is 5.56 Å². The lowest BCUT2D eigenvalue weighted by molar-refractivity contribution is 0.181. The maximum absolute atomic E-state index is 12.0. The van der Waals surface area contributed by atoms with Crippen LogP contribution in [0.5, 0.6) is 0 Å². The summed E-state index contributed by atoms with van der Waals surface area (Å²) in [5.74, 6) is 0. The predicted octanol–water partition coefficient (Wildman–Crippen LogP) is 1.72. The number of hydrogen-bond acceptors (Lipinski definition) is 6. The Morgan fingerprint density at radius 3 is 3.11 bits per heavy atom. The second kappa shape index (κ2) is 6.78. The van der Waals surface area contributed by atoms with Crippen molar-refractivity contribution in [3.05, 3.63) is 37.6 Å². The highest BCUT2D eigenvalue weighted by molar-refractivity contribution is 9.10. The Kier molecular flexibility index (Phi) is 5.06. The standard InChI is InChI=1S/C11H13BrN4O2S/c1-18-3-2-16-11(17)10(12)9(5-15-16)13-4-8-6-19-7-14-8/h5-7,13H,2-4H2,1H3. The molecule has 0 saturated heterocycles. The number of rotatable bonds is 6. The van der Waals surface area contributed by atoms with Gasteiger partial charge < -0.3 is 10.1 Å². The van der Waals surface area contributed by atoms with E-state index in [4.69, 9.17) is 4.74 Å². The molecular formula is C11H13BrN4O2S. The Labute approximate surface area is 122 Å². The molecule has 0 saturated carbocycles. The normalized spacial score (nSPS) is 10.6. The van der Waals surface area contributed by atoms with Gasteiger partial charge in [-0.1, -0.05) is 0 Å². The van der Waals surface area contributed by atoms with E-state index < -0.39 is 0 Å². The summed E-state index contributed by atoms with van der Waals surface area (Å²) < 4.78 is 6.76. The average Bonchev–Trinajstić information content (AvgIpc) is 2.92. The number of halogens is 1. The number of anilines is 1. The van der Waals surface area contributed by atoms with Crippen LogP contribution in [0.15, 0.2) is 26.4 Å². The molecule has 0 amide bonds. The van der Waals surface area contributed by atoms with Crippen LogP contribution in [0.3, 0.4) is 0 Å². The lowest BCUT2D eigenvalue weighted by Gasteiger charge is -2.09. The summed E-state index contributed by atoms with van der Waals surface area (Å²) in [5, 5.41) is 9.17. The molecular weight excluding hydrogens is 332 g/mol. The van der Waals surface area contributed by atoms with Crippen LogP contribution in [0.1, 0.15) is 5.69 Å². The predicted molar refractivity (Wildman–Crippen MR) is 77.5 cm³/mol. The van der Waals surface area contributed by atoms with Crippen molar-refractivity contribution < 1.29 is 4.74 Å². The smallest absolute Gasteiger partial charge is 0.283 e. The van der Waals surface area contributed by atoms with Crippen LogP contribution in [0.2, 0.25) is 0 Å². The molecule has 0 unspecified atom stereocenters. The molecule has 0 atom stereocenters. The third-order valence-electron chi connectivity index (χ3n) is 2.44. The third kappa shape index (κ3) is 3.62. The van der Waals surface area contributed by atoms with Gasteiger partial charge in [-0.3, -0.25) is 4.79 Å². The van der Waals surface area contributed by atoms with Crippen LogP contribution in [-0.2, 0) is 17.8 Å². The second-order valence-electron chi connectivity index (χ2n) is 3.73. The number of methoxy groups -OCH3 is 1. The van der Waals surface area contributed by atoms with Crippen molar-refractivity contribution in [2.75, 3.05) is 19.0 Å². The van der Waals surface area contributed by atoms with E-state index in [0.29, 0.717) is 29.9 Å². The molecule has 0 fully saturated rings. The first-order chi connectivity index (χ1) is 9.22. The van der Waals surface area contributed by atoms with Gasteiger partial charge in [0.2, 0.25) is 0 Å². The largest absolute Gasteiger partial charge is 0.383 e. The number of thiazole rings is 1. The van der Waals surface area contributed by atoms with Gasteiger partial charge in [-0.15, -0.1) is 11.3 Å². The van der Waals surface area contributed by atoms with Gasteiger partial charge in [0.15, 0.2) is 0 Å². The minimum Gasteiger partial charge on any atom is -0.383 e. The first-order valence-corrected chi connectivity index (χ1v) is 7.31. The van der Waals surface area contributed by atoms with Crippen molar-refractivity contribution in [1.29, 1.82) is 0 Å². The summed E-state index contributed by atoms with van der Waals surface area (Å²) in [6.07, 6.45) is 1.62. The molecule has 0 bridgehead atoms. The molecule has 0 aliphatic rings. The summed E-state index contributed by atoms with van der Waals surface area (Å²) in [6.45, 7) is 1.44. The zero-order chi connectivity index (χ0) is 13.7. The van der Waals surface area contributed by atoms with Gasteiger partial charge in [-0.25, -0.2) is 9.67 Å². The van der Waals surface area contributed by atoms with E-state index >= 15 is 0 Å². The third-order valence-corrected chi connectivity index (χ3v) is 3.84. The number of aromatic nitrogens is 3. The topological polar surface area (TPSA) is 69.0 Å². The zero-order valence-corrected chi connectivity index (χ0v) is 12.7. The van der Waals surface area contributed by atoms with Gasteiger partial charge in [-0.2, -0.15) is 5.10 Å². The molecule has 1 N–H and O–H groups in total. The molecule has 0 aliphatic carbocycles. The number of hydrogen-bond donors (Lipinski definition) is 1. The Hall–Kier alpha value is -1.25. The van der Waals surface area contributed by atoms with Crippen LogP contribution >= 0.6 is 27.3 Å². The molecule has 2 heterocycles. The van der Waals surface area contributed by atoms with Crippen LogP contribution in [-0.4, -0.2) is 28.5 Å². The maximum Gasteiger partial charge on any atom is 0.283 e. The molecule has 0 radical (unpaired) electrons. The summed E-state index contributed by atoms with van der Waals surface area (Å²) in [5.41, 5.74) is 3.18. The molecule has 19 heavy (non-hydrogen) atoms. The monoisotopic (exact) mass is 344 g/mol. The van der Waals surface area contributed by atoms with Crippen molar-refractivity contribution in [2.45, 2.75) is 13.1 Å². The van der Waals surface area contributed by atoms with Crippen molar-refractivity contribution in [1.82, 2.24) is 14.8 Å². The van der Waals surface area contributed by atoms with Crippen molar-refractivity contribution >= 4 is 33.0 Å². The van der Waals surface area contributed by atoms with E-state index in [2.05, 4.69) is 31.3 Å². The first kappa shape index (κ1) is 14.2. The molecule has 0 aromatic carbocycles. The highest BCUT2D eigenvalue weighted by Crippen LogP contribution is 2.17. The summed E-state index contributed by atoms with van der Waals surface area (Å²) in [7, 11) is 1.59. The van der Waals surface area contributed by atoms with Gasteiger partial charge in [0.05, 0.1) is 42.8 Å². The van der Waals surface area contributed by atoms with Gasteiger partial charge >= 0.3 is 0 Å². The van der Waals surface area contributed by atoms with Gasteiger partial charge in [-0.05, 0) is 15.9 Å². The van der Waals surface area contributed by atoms with E-state index in [1.165, 1.54) is 16.0 Å². The molecule has 8 heteroatoms. The van der Waals surface area contributed by atoms with Gasteiger partial charge in [0.1, 0.15) is 4.47 Å². The Bertz CT molecular complexity index is 585. The van der Waals surface area contributed by atoms with Crippen molar-refractivity contribution in [3.8, 4) is 0 Å². The van der Waals surface area contributed by atoms with E-state index in [1.807, 2.05) is 5.38 Å². The molecule has 2 rings (SSSR count). The molecule has 0 spiro atoms. The number of ether oxygens (including phenoxy) is 1. The number of nitrogens with zero attached hydrogens (tertiary/aromatic N) is 3. The quantitative estimate of drug-likeness (QED) is 0.863. The van der Waals surface area contributed by atoms with E-state index in [-0.39, 0.29) is 5.56 Å². The summed E-state index contributed by atoms with van der Waals surface area (Å²) in [4.78, 5) is 16.2. The van der Waals surface area contributed by atoms with E-state index in [0.717, 1.165) is 5.69 Å². The second-order valence-corrected chi connectivity index (χ2v) is 5.24. The van der Waals surface area contributed by atoms with Gasteiger partial charge in [0, 0.05) is 12.5 Å². The number of nitrogens with one attached hydrogen (secondary N) is 1. The Morgan fingerprint density at radius 2 is 2.42 bits per heavy atom. The average molecular weight is 345 g/mol. The van der Waals surface area contributed by atoms with Crippen LogP contribution in [0, 0.1) is 0 Å². The van der Waals surface area contributed by atoms with Crippen molar-refractivity contribution in [2.24, 2.45) is 0 Å². The summed E-state index contributed by atoms with van der Waals surface area (Å²) in [6, 6.07) is 0.